The highest BCUT2D eigenvalue weighted by Crippen LogP contribution is 2.34. The highest BCUT2D eigenvalue weighted by molar-refractivity contribution is 5.52. The number of aliphatic hydroxyl groups excluding tert-OH is 5. The van der Waals surface area contributed by atoms with Crippen molar-refractivity contribution in [1.82, 2.24) is 0 Å². The molecule has 0 unspecified atom stereocenters. The molecule has 0 aliphatic rings. The molecule has 0 spiro atoms. The first-order valence-corrected chi connectivity index (χ1v) is 12.8. The fourth-order valence-corrected chi connectivity index (χ4v) is 4.83. The maximum absolute atomic E-state index is 9.37. The van der Waals surface area contributed by atoms with Crippen molar-refractivity contribution in [2.45, 2.75) is 103 Å². The second-order valence-corrected chi connectivity index (χ2v) is 8.92. The molecular weight excluding hydrogens is 404 g/mol. The SMILES string of the molecule is Cc1c(CCCCO)c(CCCCO)c(CCCCO)c(CCCCO)c1CCCCO. The Morgan fingerprint density at radius 1 is 0.344 bits per heavy atom. The smallest absolute Gasteiger partial charge is 0.0431 e. The van der Waals surface area contributed by atoms with Gasteiger partial charge in [-0.15, -0.1) is 0 Å². The molecule has 1 rings (SSSR count). The summed E-state index contributed by atoms with van der Waals surface area (Å²) in [6.07, 6.45) is 13.5. The Labute approximate surface area is 195 Å². The van der Waals surface area contributed by atoms with E-state index in [-0.39, 0.29) is 33.0 Å². The number of hydrogen-bond acceptors (Lipinski definition) is 5. The van der Waals surface area contributed by atoms with Gasteiger partial charge in [-0.25, -0.2) is 0 Å². The van der Waals surface area contributed by atoms with Gasteiger partial charge in [-0.2, -0.15) is 0 Å². The summed E-state index contributed by atoms with van der Waals surface area (Å²) in [5, 5.41) is 46.7. The monoisotopic (exact) mass is 452 g/mol. The van der Waals surface area contributed by atoms with E-state index in [2.05, 4.69) is 6.92 Å². The zero-order valence-electron chi connectivity index (χ0n) is 20.4. The van der Waals surface area contributed by atoms with Crippen LogP contribution in [0.1, 0.15) is 97.6 Å². The predicted octanol–water partition coefficient (Wildman–Crippen LogP) is 3.57. The zero-order chi connectivity index (χ0) is 23.6. The van der Waals surface area contributed by atoms with Crippen LogP contribution in [0.2, 0.25) is 0 Å². The normalized spacial score (nSPS) is 11.4. The molecule has 0 fully saturated rings. The van der Waals surface area contributed by atoms with Crippen LogP contribution >= 0.6 is 0 Å². The minimum atomic E-state index is 0.207. The quantitative estimate of drug-likeness (QED) is 0.195. The number of unbranched alkanes of at least 4 members (excludes halogenated alkanes) is 5. The first-order chi connectivity index (χ1) is 15.7. The lowest BCUT2D eigenvalue weighted by atomic mass is 9.79. The van der Waals surface area contributed by atoms with Gasteiger partial charge in [-0.3, -0.25) is 0 Å². The van der Waals surface area contributed by atoms with Gasteiger partial charge in [0, 0.05) is 33.0 Å². The largest absolute Gasteiger partial charge is 0.396 e. The molecule has 0 heterocycles. The van der Waals surface area contributed by atoms with Crippen LogP contribution in [-0.2, 0) is 32.1 Å². The van der Waals surface area contributed by atoms with Gasteiger partial charge in [0.05, 0.1) is 0 Å². The van der Waals surface area contributed by atoms with Crippen LogP contribution in [0.3, 0.4) is 0 Å². The maximum atomic E-state index is 9.37. The van der Waals surface area contributed by atoms with Crippen LogP contribution in [0.15, 0.2) is 0 Å². The first-order valence-electron chi connectivity index (χ1n) is 12.8. The van der Waals surface area contributed by atoms with E-state index in [1.165, 1.54) is 33.4 Å². The Bertz CT molecular complexity index is 570. The van der Waals surface area contributed by atoms with Gasteiger partial charge >= 0.3 is 0 Å². The van der Waals surface area contributed by atoms with Crippen LogP contribution in [0.4, 0.5) is 0 Å². The Hall–Kier alpha value is -0.980. The summed E-state index contributed by atoms with van der Waals surface area (Å²) in [5.41, 5.74) is 8.48. The van der Waals surface area contributed by atoms with Crippen LogP contribution in [-0.4, -0.2) is 58.6 Å². The Morgan fingerprint density at radius 3 is 0.812 bits per heavy atom. The van der Waals surface area contributed by atoms with Crippen molar-refractivity contribution in [3.8, 4) is 0 Å². The third kappa shape index (κ3) is 9.88. The zero-order valence-corrected chi connectivity index (χ0v) is 20.4. The van der Waals surface area contributed by atoms with E-state index in [0.717, 1.165) is 96.3 Å². The number of rotatable bonds is 20. The van der Waals surface area contributed by atoms with Gasteiger partial charge < -0.3 is 25.5 Å². The van der Waals surface area contributed by atoms with Crippen molar-refractivity contribution >= 4 is 0 Å². The Morgan fingerprint density at radius 2 is 0.562 bits per heavy atom. The lowest BCUT2D eigenvalue weighted by Crippen LogP contribution is -2.14. The van der Waals surface area contributed by atoms with Crippen molar-refractivity contribution in [3.63, 3.8) is 0 Å². The molecule has 5 heteroatoms. The summed E-state index contributed by atoms with van der Waals surface area (Å²) in [4.78, 5) is 0. The number of aliphatic hydroxyl groups is 5. The highest BCUT2D eigenvalue weighted by Gasteiger charge is 2.21. The molecule has 0 radical (unpaired) electrons. The minimum absolute atomic E-state index is 0.207. The predicted molar refractivity (Wildman–Crippen MR) is 131 cm³/mol. The molecule has 1 aromatic rings. The van der Waals surface area contributed by atoms with Crippen molar-refractivity contribution < 1.29 is 25.5 Å². The first kappa shape index (κ1) is 29.1. The Kier molecular flexibility index (Phi) is 16.7. The van der Waals surface area contributed by atoms with Gasteiger partial charge in [-0.05, 0) is 137 Å². The average Bonchev–Trinajstić information content (AvgIpc) is 2.79. The van der Waals surface area contributed by atoms with Crippen LogP contribution in [0, 0.1) is 6.92 Å². The van der Waals surface area contributed by atoms with Gasteiger partial charge in [0.1, 0.15) is 0 Å². The van der Waals surface area contributed by atoms with Gasteiger partial charge in [0.25, 0.3) is 0 Å². The molecule has 0 saturated heterocycles. The van der Waals surface area contributed by atoms with E-state index in [1.54, 1.807) is 0 Å². The fraction of sp³-hybridized carbons (Fsp3) is 0.778. The van der Waals surface area contributed by atoms with E-state index >= 15 is 0 Å². The van der Waals surface area contributed by atoms with E-state index in [4.69, 9.17) is 0 Å². The summed E-state index contributed by atoms with van der Waals surface area (Å²) in [7, 11) is 0. The lowest BCUT2D eigenvalue weighted by molar-refractivity contribution is 0.282. The molecule has 0 aromatic heterocycles. The molecule has 1 aromatic carbocycles. The van der Waals surface area contributed by atoms with Crippen molar-refractivity contribution in [1.29, 1.82) is 0 Å². The number of hydrogen-bond donors (Lipinski definition) is 5. The molecule has 186 valence electrons. The van der Waals surface area contributed by atoms with Crippen molar-refractivity contribution in [3.05, 3.63) is 33.4 Å². The fourth-order valence-electron chi connectivity index (χ4n) is 4.83. The van der Waals surface area contributed by atoms with Crippen LogP contribution in [0.25, 0.3) is 0 Å². The molecule has 0 bridgehead atoms. The van der Waals surface area contributed by atoms with E-state index in [9.17, 15) is 25.5 Å². The summed E-state index contributed by atoms with van der Waals surface area (Å²) >= 11 is 0. The second-order valence-electron chi connectivity index (χ2n) is 8.92. The summed E-state index contributed by atoms with van der Waals surface area (Å²) in [5.74, 6) is 0. The molecule has 0 aliphatic carbocycles. The summed E-state index contributed by atoms with van der Waals surface area (Å²) in [6.45, 7) is 3.29. The molecule has 0 aliphatic heterocycles. The summed E-state index contributed by atoms with van der Waals surface area (Å²) < 4.78 is 0. The van der Waals surface area contributed by atoms with Crippen LogP contribution in [0.5, 0.6) is 0 Å². The molecular formula is C27H48O5. The molecule has 5 N–H and O–H groups in total. The van der Waals surface area contributed by atoms with Gasteiger partial charge in [0.2, 0.25) is 0 Å². The van der Waals surface area contributed by atoms with E-state index in [0.29, 0.717) is 0 Å². The van der Waals surface area contributed by atoms with Gasteiger partial charge in [0.15, 0.2) is 0 Å². The van der Waals surface area contributed by atoms with E-state index in [1.807, 2.05) is 0 Å². The highest BCUT2D eigenvalue weighted by atomic mass is 16.3. The van der Waals surface area contributed by atoms with Crippen molar-refractivity contribution in [2.75, 3.05) is 33.0 Å². The van der Waals surface area contributed by atoms with Gasteiger partial charge in [-0.1, -0.05) is 0 Å². The third-order valence-corrected chi connectivity index (χ3v) is 6.54. The topological polar surface area (TPSA) is 101 Å². The molecule has 5 nitrogen and oxygen atoms in total. The second kappa shape index (κ2) is 18.4. The lowest BCUT2D eigenvalue weighted by Gasteiger charge is -2.26. The molecule has 0 amide bonds. The summed E-state index contributed by atoms with van der Waals surface area (Å²) in [6, 6.07) is 0. The number of benzene rings is 1. The third-order valence-electron chi connectivity index (χ3n) is 6.54. The van der Waals surface area contributed by atoms with Crippen molar-refractivity contribution in [2.24, 2.45) is 0 Å². The Balaban J connectivity index is 3.52. The molecule has 0 saturated carbocycles. The van der Waals surface area contributed by atoms with E-state index < -0.39 is 0 Å². The minimum Gasteiger partial charge on any atom is -0.396 e. The molecule has 0 atom stereocenters. The standard InChI is InChI=1S/C27H48O5/c1-22-23(12-2-7-17-28)25(14-4-9-19-30)27(16-6-11-21-32)26(15-5-10-20-31)24(22)13-3-8-18-29/h28-32H,2-21H2,1H3. The average molecular weight is 453 g/mol. The maximum Gasteiger partial charge on any atom is 0.0431 e. The molecule has 32 heavy (non-hydrogen) atoms. The van der Waals surface area contributed by atoms with Crippen LogP contribution < -0.4 is 0 Å².